The molecule has 0 amide bonds. The van der Waals surface area contributed by atoms with E-state index in [-0.39, 0.29) is 12.2 Å². The van der Waals surface area contributed by atoms with Gasteiger partial charge in [0, 0.05) is 23.5 Å². The Kier molecular flexibility index (Phi) is 3.44. The number of phenols is 1. The molecule has 0 radical (unpaired) electrons. The summed E-state index contributed by atoms with van der Waals surface area (Å²) in [5, 5.41) is 10.2. The fraction of sp³-hybridized carbons (Fsp3) is 0.308. The van der Waals surface area contributed by atoms with E-state index < -0.39 is 18.2 Å². The fourth-order valence-electron chi connectivity index (χ4n) is 2.03. The molecule has 0 aliphatic heterocycles. The molecule has 0 aliphatic rings. The van der Waals surface area contributed by atoms with Gasteiger partial charge in [0.05, 0.1) is 7.11 Å². The second-order valence-corrected chi connectivity index (χ2v) is 4.50. The van der Waals surface area contributed by atoms with E-state index >= 15 is 0 Å². The van der Waals surface area contributed by atoms with Crippen molar-refractivity contribution in [2.75, 3.05) is 13.8 Å². The Balaban J connectivity index is 2.40. The molecule has 1 atom stereocenters. The van der Waals surface area contributed by atoms with Crippen LogP contribution in [0.25, 0.3) is 10.9 Å². The van der Waals surface area contributed by atoms with Crippen molar-refractivity contribution in [2.24, 2.45) is 5.73 Å². The summed E-state index contributed by atoms with van der Waals surface area (Å²) in [6.07, 6.45) is 1.63. The van der Waals surface area contributed by atoms with Crippen molar-refractivity contribution in [3.05, 3.63) is 30.0 Å². The molecule has 0 aliphatic carbocycles. The summed E-state index contributed by atoms with van der Waals surface area (Å²) in [6, 6.07) is 4.77. The molecule has 0 bridgehead atoms. The zero-order valence-electron chi connectivity index (χ0n) is 10.4. The molecule has 0 fully saturated rings. The van der Waals surface area contributed by atoms with Crippen LogP contribution < -0.4 is 5.73 Å². The molecule has 0 spiro atoms. The van der Waals surface area contributed by atoms with Crippen molar-refractivity contribution < 1.29 is 19.0 Å². The number of aromatic hydroxyl groups is 1. The van der Waals surface area contributed by atoms with Crippen LogP contribution in [0.2, 0.25) is 0 Å². The van der Waals surface area contributed by atoms with Crippen LogP contribution in [0.3, 0.4) is 0 Å². The summed E-state index contributed by atoms with van der Waals surface area (Å²) in [5.41, 5.74) is 5.46. The van der Waals surface area contributed by atoms with Crippen molar-refractivity contribution in [3.8, 4) is 5.75 Å². The number of halogens is 1. The highest BCUT2D eigenvalue weighted by Gasteiger charge is 2.36. The Labute approximate surface area is 109 Å². The number of alkyl halides is 1. The lowest BCUT2D eigenvalue weighted by atomic mass is 9.93. The summed E-state index contributed by atoms with van der Waals surface area (Å²) in [6.45, 7) is -1.02. The number of fused-ring (bicyclic) bond motifs is 1. The number of methoxy groups -OCH3 is 1. The van der Waals surface area contributed by atoms with Crippen LogP contribution in [0.1, 0.15) is 5.56 Å². The Bertz CT molecular complexity index is 611. The van der Waals surface area contributed by atoms with Gasteiger partial charge in [-0.05, 0) is 23.8 Å². The highest BCUT2D eigenvalue weighted by Crippen LogP contribution is 2.26. The molecular weight excluding hydrogens is 251 g/mol. The second-order valence-electron chi connectivity index (χ2n) is 4.50. The third-order valence-electron chi connectivity index (χ3n) is 3.09. The largest absolute Gasteiger partial charge is 0.508 e. The number of rotatable bonds is 4. The molecule has 6 heteroatoms. The summed E-state index contributed by atoms with van der Waals surface area (Å²) >= 11 is 0. The van der Waals surface area contributed by atoms with E-state index in [1.807, 2.05) is 0 Å². The number of carbonyl (C=O) groups excluding carboxylic acids is 1. The summed E-state index contributed by atoms with van der Waals surface area (Å²) in [5.74, 6) is -0.709. The molecule has 0 unspecified atom stereocenters. The first-order chi connectivity index (χ1) is 9.00. The quantitative estimate of drug-likeness (QED) is 0.727. The Morgan fingerprint density at radius 3 is 2.95 bits per heavy atom. The van der Waals surface area contributed by atoms with Gasteiger partial charge >= 0.3 is 5.97 Å². The first-order valence-corrected chi connectivity index (χ1v) is 5.72. The highest BCUT2D eigenvalue weighted by atomic mass is 19.1. The molecule has 1 heterocycles. The van der Waals surface area contributed by atoms with Gasteiger partial charge in [0.1, 0.15) is 18.0 Å². The van der Waals surface area contributed by atoms with Crippen LogP contribution in [0, 0.1) is 0 Å². The molecule has 1 aromatic carbocycles. The fourth-order valence-corrected chi connectivity index (χ4v) is 2.03. The zero-order chi connectivity index (χ0) is 14.0. The minimum absolute atomic E-state index is 0.0143. The number of nitrogens with one attached hydrogen (secondary N) is 1. The maximum absolute atomic E-state index is 13.1. The number of esters is 1. The third-order valence-corrected chi connectivity index (χ3v) is 3.09. The maximum Gasteiger partial charge on any atom is 0.328 e. The number of hydrogen-bond acceptors (Lipinski definition) is 4. The molecule has 1 aromatic heterocycles. The molecule has 2 aromatic rings. The van der Waals surface area contributed by atoms with Gasteiger partial charge in [-0.3, -0.25) is 0 Å². The zero-order valence-corrected chi connectivity index (χ0v) is 10.4. The van der Waals surface area contributed by atoms with E-state index in [0.717, 1.165) is 5.52 Å². The van der Waals surface area contributed by atoms with E-state index in [2.05, 4.69) is 9.72 Å². The summed E-state index contributed by atoms with van der Waals surface area (Å²) in [7, 11) is 1.17. The standard InChI is InChI=1S/C13H15FN2O3/c1-19-12(18)13(15,7-14)5-8-6-16-11-3-2-9(17)4-10(8)11/h2-4,6,16-17H,5,7,15H2,1H3/t13-/m0/s1. The van der Waals surface area contributed by atoms with Crippen LogP contribution in [-0.4, -0.2) is 35.4 Å². The molecule has 19 heavy (non-hydrogen) atoms. The SMILES string of the molecule is COC(=O)[C@@](N)(CF)Cc1c[nH]c2ccc(O)cc12. The van der Waals surface area contributed by atoms with Crippen molar-refractivity contribution in [2.45, 2.75) is 12.0 Å². The van der Waals surface area contributed by atoms with Gasteiger partial charge in [-0.1, -0.05) is 0 Å². The van der Waals surface area contributed by atoms with Crippen molar-refractivity contribution in [3.63, 3.8) is 0 Å². The number of H-pyrrole nitrogens is 1. The highest BCUT2D eigenvalue weighted by molar-refractivity contribution is 5.87. The maximum atomic E-state index is 13.1. The van der Waals surface area contributed by atoms with Crippen LogP contribution in [0.4, 0.5) is 4.39 Å². The topological polar surface area (TPSA) is 88.3 Å². The summed E-state index contributed by atoms with van der Waals surface area (Å²) < 4.78 is 17.6. The van der Waals surface area contributed by atoms with Gasteiger partial charge in [-0.2, -0.15) is 0 Å². The van der Waals surface area contributed by atoms with Gasteiger partial charge < -0.3 is 20.6 Å². The predicted molar refractivity (Wildman–Crippen MR) is 68.6 cm³/mol. The van der Waals surface area contributed by atoms with Crippen molar-refractivity contribution in [1.29, 1.82) is 0 Å². The number of carbonyl (C=O) groups is 1. The molecule has 2 rings (SSSR count). The van der Waals surface area contributed by atoms with Crippen LogP contribution in [0.15, 0.2) is 24.4 Å². The van der Waals surface area contributed by atoms with E-state index in [1.165, 1.54) is 19.2 Å². The van der Waals surface area contributed by atoms with Gasteiger partial charge in [0.25, 0.3) is 0 Å². The van der Waals surface area contributed by atoms with Crippen LogP contribution in [0.5, 0.6) is 5.75 Å². The first kappa shape index (κ1) is 13.4. The Hall–Kier alpha value is -2.08. The third kappa shape index (κ3) is 2.39. The molecule has 102 valence electrons. The van der Waals surface area contributed by atoms with Crippen LogP contribution >= 0.6 is 0 Å². The minimum Gasteiger partial charge on any atom is -0.508 e. The monoisotopic (exact) mass is 266 g/mol. The van der Waals surface area contributed by atoms with E-state index in [1.54, 1.807) is 12.3 Å². The van der Waals surface area contributed by atoms with Crippen molar-refractivity contribution in [1.82, 2.24) is 4.98 Å². The molecular formula is C13H15FN2O3. The minimum atomic E-state index is -1.71. The lowest BCUT2D eigenvalue weighted by molar-refractivity contribution is -0.147. The average molecular weight is 266 g/mol. The predicted octanol–water partition coefficient (Wildman–Crippen LogP) is 1.26. The Morgan fingerprint density at radius 1 is 1.58 bits per heavy atom. The van der Waals surface area contributed by atoms with Gasteiger partial charge in [0.2, 0.25) is 0 Å². The number of aromatic nitrogens is 1. The smallest absolute Gasteiger partial charge is 0.328 e. The van der Waals surface area contributed by atoms with E-state index in [0.29, 0.717) is 10.9 Å². The average Bonchev–Trinajstić information content (AvgIpc) is 2.80. The molecule has 5 nitrogen and oxygen atoms in total. The summed E-state index contributed by atoms with van der Waals surface area (Å²) in [4.78, 5) is 14.5. The lowest BCUT2D eigenvalue weighted by Gasteiger charge is -2.22. The lowest BCUT2D eigenvalue weighted by Crippen LogP contribution is -2.52. The van der Waals surface area contributed by atoms with E-state index in [9.17, 15) is 14.3 Å². The normalized spacial score (nSPS) is 14.3. The molecule has 0 saturated heterocycles. The number of phenolic OH excluding ortho intramolecular Hbond substituents is 1. The van der Waals surface area contributed by atoms with Gasteiger partial charge in [0.15, 0.2) is 0 Å². The second kappa shape index (κ2) is 4.89. The van der Waals surface area contributed by atoms with Gasteiger partial charge in [-0.15, -0.1) is 0 Å². The van der Waals surface area contributed by atoms with Crippen molar-refractivity contribution >= 4 is 16.9 Å². The number of aromatic amines is 1. The number of ether oxygens (including phenoxy) is 1. The molecule has 0 saturated carbocycles. The van der Waals surface area contributed by atoms with Crippen LogP contribution in [-0.2, 0) is 16.0 Å². The Morgan fingerprint density at radius 2 is 2.32 bits per heavy atom. The number of benzene rings is 1. The van der Waals surface area contributed by atoms with E-state index in [4.69, 9.17) is 5.73 Å². The molecule has 4 N–H and O–H groups in total. The number of hydrogen-bond donors (Lipinski definition) is 3. The first-order valence-electron chi connectivity index (χ1n) is 5.72. The van der Waals surface area contributed by atoms with Gasteiger partial charge in [-0.25, -0.2) is 9.18 Å². The number of nitrogens with two attached hydrogens (primary N) is 1.